The second-order valence-corrected chi connectivity index (χ2v) is 7.29. The standard InChI is InChI=1S/C17H26N4O4/c1-2-4-14(22)18-12-7-11(12)10-5-3-6-21(9-10)16(24)13-8-15(23)20-17(25)19-13/h10-13H,2-9H2,1H3,(H,18,22)(H2,19,20,23,25)/t10?,11?,12?,13-/m0/s1. The first-order valence-corrected chi connectivity index (χ1v) is 9.16. The van der Waals surface area contributed by atoms with E-state index in [-0.39, 0.29) is 24.3 Å². The van der Waals surface area contributed by atoms with Crippen LogP contribution in [0.1, 0.15) is 45.4 Å². The average molecular weight is 350 g/mol. The van der Waals surface area contributed by atoms with Crippen LogP contribution in [0.3, 0.4) is 0 Å². The molecule has 0 aromatic rings. The van der Waals surface area contributed by atoms with E-state index in [1.807, 2.05) is 6.92 Å². The highest BCUT2D eigenvalue weighted by Gasteiger charge is 2.46. The second kappa shape index (κ2) is 7.41. The number of hydrogen-bond acceptors (Lipinski definition) is 4. The summed E-state index contributed by atoms with van der Waals surface area (Å²) in [4.78, 5) is 49.0. The Morgan fingerprint density at radius 2 is 2.12 bits per heavy atom. The Balaban J connectivity index is 1.51. The van der Waals surface area contributed by atoms with Crippen molar-refractivity contribution >= 4 is 23.8 Å². The molecule has 2 heterocycles. The molecule has 0 bridgehead atoms. The van der Waals surface area contributed by atoms with E-state index in [1.54, 1.807) is 4.90 Å². The molecule has 0 aromatic heterocycles. The van der Waals surface area contributed by atoms with E-state index in [9.17, 15) is 19.2 Å². The normalized spacial score (nSPS) is 31.8. The molecule has 0 aromatic carbocycles. The predicted octanol–water partition coefficient (Wildman–Crippen LogP) is 0.128. The van der Waals surface area contributed by atoms with Crippen LogP contribution in [0.4, 0.5) is 4.79 Å². The maximum Gasteiger partial charge on any atom is 0.322 e. The maximum atomic E-state index is 12.6. The number of nitrogens with one attached hydrogen (secondary N) is 3. The molecule has 1 aliphatic carbocycles. The van der Waals surface area contributed by atoms with E-state index in [0.29, 0.717) is 31.3 Å². The van der Waals surface area contributed by atoms with E-state index >= 15 is 0 Å². The fraction of sp³-hybridized carbons (Fsp3) is 0.765. The van der Waals surface area contributed by atoms with Gasteiger partial charge in [-0.3, -0.25) is 19.7 Å². The summed E-state index contributed by atoms with van der Waals surface area (Å²) < 4.78 is 0. The van der Waals surface area contributed by atoms with Gasteiger partial charge in [0.15, 0.2) is 0 Å². The summed E-state index contributed by atoms with van der Waals surface area (Å²) in [6, 6.07) is -1.14. The molecule has 5 amide bonds. The minimum Gasteiger partial charge on any atom is -0.353 e. The Kier molecular flexibility index (Phi) is 5.24. The number of amides is 5. The number of rotatable bonds is 5. The van der Waals surface area contributed by atoms with Gasteiger partial charge in [-0.2, -0.15) is 0 Å². The predicted molar refractivity (Wildman–Crippen MR) is 89.3 cm³/mol. The molecule has 3 unspecified atom stereocenters. The average Bonchev–Trinajstić information content (AvgIpc) is 3.32. The molecule has 4 atom stereocenters. The Morgan fingerprint density at radius 3 is 2.84 bits per heavy atom. The van der Waals surface area contributed by atoms with Gasteiger partial charge in [0.1, 0.15) is 6.04 Å². The highest BCUT2D eigenvalue weighted by molar-refractivity contribution is 6.02. The summed E-state index contributed by atoms with van der Waals surface area (Å²) in [7, 11) is 0. The molecule has 0 spiro atoms. The number of piperidine rings is 1. The Morgan fingerprint density at radius 1 is 1.32 bits per heavy atom. The van der Waals surface area contributed by atoms with E-state index in [1.165, 1.54) is 0 Å². The molecule has 3 fully saturated rings. The Hall–Kier alpha value is -2.12. The summed E-state index contributed by atoms with van der Waals surface area (Å²) in [5.74, 6) is 0.310. The number of hydrogen-bond donors (Lipinski definition) is 3. The van der Waals surface area contributed by atoms with Crippen molar-refractivity contribution in [1.82, 2.24) is 20.9 Å². The van der Waals surface area contributed by atoms with E-state index in [0.717, 1.165) is 25.7 Å². The monoisotopic (exact) mass is 350 g/mol. The minimum atomic E-state index is -0.765. The maximum absolute atomic E-state index is 12.6. The van der Waals surface area contributed by atoms with Gasteiger partial charge in [-0.1, -0.05) is 6.92 Å². The van der Waals surface area contributed by atoms with Gasteiger partial charge in [0, 0.05) is 25.6 Å². The SMILES string of the molecule is CCCC(=O)NC1CC1C1CCCN(C(=O)[C@@H]2CC(=O)NC(=O)N2)C1. The number of carbonyl (C=O) groups is 4. The van der Waals surface area contributed by atoms with Crippen LogP contribution < -0.4 is 16.0 Å². The third kappa shape index (κ3) is 4.29. The molecule has 138 valence electrons. The Labute approximate surface area is 147 Å². The van der Waals surface area contributed by atoms with Crippen LogP contribution >= 0.6 is 0 Å². The molecule has 8 nitrogen and oxygen atoms in total. The molecule has 3 aliphatic rings. The van der Waals surface area contributed by atoms with Gasteiger partial charge in [0.2, 0.25) is 17.7 Å². The van der Waals surface area contributed by atoms with E-state index < -0.39 is 18.0 Å². The molecule has 2 saturated heterocycles. The first-order chi connectivity index (χ1) is 12.0. The van der Waals surface area contributed by atoms with Gasteiger partial charge in [-0.05, 0) is 37.5 Å². The van der Waals surface area contributed by atoms with Gasteiger partial charge < -0.3 is 15.5 Å². The highest BCUT2D eigenvalue weighted by Crippen LogP contribution is 2.41. The zero-order valence-electron chi connectivity index (χ0n) is 14.5. The lowest BCUT2D eigenvalue weighted by Gasteiger charge is -2.36. The van der Waals surface area contributed by atoms with Gasteiger partial charge in [-0.25, -0.2) is 4.79 Å². The fourth-order valence-corrected chi connectivity index (χ4v) is 3.95. The summed E-state index contributed by atoms with van der Waals surface area (Å²) in [6.07, 6.45) is 4.33. The number of urea groups is 1. The quantitative estimate of drug-likeness (QED) is 0.655. The van der Waals surface area contributed by atoms with Crippen LogP contribution in [-0.2, 0) is 14.4 Å². The zero-order valence-corrected chi connectivity index (χ0v) is 14.5. The zero-order chi connectivity index (χ0) is 18.0. The summed E-state index contributed by atoms with van der Waals surface area (Å²) in [5, 5.41) is 7.74. The number of likely N-dealkylation sites (tertiary alicyclic amines) is 1. The van der Waals surface area contributed by atoms with Gasteiger partial charge in [0.05, 0.1) is 6.42 Å². The molecule has 0 radical (unpaired) electrons. The van der Waals surface area contributed by atoms with E-state index in [4.69, 9.17) is 0 Å². The Bertz CT molecular complexity index is 563. The minimum absolute atomic E-state index is 0.00906. The van der Waals surface area contributed by atoms with Crippen molar-refractivity contribution in [3.05, 3.63) is 0 Å². The third-order valence-corrected chi connectivity index (χ3v) is 5.28. The van der Waals surface area contributed by atoms with Crippen molar-refractivity contribution in [2.45, 2.75) is 57.5 Å². The lowest BCUT2D eigenvalue weighted by molar-refractivity contribution is -0.138. The van der Waals surface area contributed by atoms with Gasteiger partial charge >= 0.3 is 6.03 Å². The molecule has 8 heteroatoms. The molecular weight excluding hydrogens is 324 g/mol. The van der Waals surface area contributed by atoms with Crippen LogP contribution in [0.25, 0.3) is 0 Å². The van der Waals surface area contributed by atoms with Crippen molar-refractivity contribution in [2.24, 2.45) is 11.8 Å². The molecule has 1 saturated carbocycles. The van der Waals surface area contributed by atoms with Crippen LogP contribution in [0.15, 0.2) is 0 Å². The smallest absolute Gasteiger partial charge is 0.322 e. The van der Waals surface area contributed by atoms with Crippen molar-refractivity contribution in [2.75, 3.05) is 13.1 Å². The largest absolute Gasteiger partial charge is 0.353 e. The van der Waals surface area contributed by atoms with Crippen molar-refractivity contribution in [1.29, 1.82) is 0 Å². The van der Waals surface area contributed by atoms with E-state index in [2.05, 4.69) is 16.0 Å². The third-order valence-electron chi connectivity index (χ3n) is 5.28. The lowest BCUT2D eigenvalue weighted by atomic mass is 9.92. The number of nitrogens with zero attached hydrogens (tertiary/aromatic N) is 1. The first kappa shape index (κ1) is 17.7. The molecule has 3 rings (SSSR count). The number of imide groups is 1. The molecule has 2 aliphatic heterocycles. The second-order valence-electron chi connectivity index (χ2n) is 7.29. The van der Waals surface area contributed by atoms with Crippen LogP contribution in [0, 0.1) is 11.8 Å². The van der Waals surface area contributed by atoms with Gasteiger partial charge in [-0.15, -0.1) is 0 Å². The van der Waals surface area contributed by atoms with Gasteiger partial charge in [0.25, 0.3) is 0 Å². The highest BCUT2D eigenvalue weighted by atomic mass is 16.2. The lowest BCUT2D eigenvalue weighted by Crippen LogP contribution is -2.59. The molecule has 25 heavy (non-hydrogen) atoms. The molecule has 3 N–H and O–H groups in total. The van der Waals surface area contributed by atoms with Crippen LogP contribution in [0.2, 0.25) is 0 Å². The van der Waals surface area contributed by atoms with Crippen LogP contribution in [0.5, 0.6) is 0 Å². The fourth-order valence-electron chi connectivity index (χ4n) is 3.95. The first-order valence-electron chi connectivity index (χ1n) is 9.16. The van der Waals surface area contributed by atoms with Crippen molar-refractivity contribution in [3.8, 4) is 0 Å². The topological polar surface area (TPSA) is 108 Å². The summed E-state index contributed by atoms with van der Waals surface area (Å²) in [5.41, 5.74) is 0. The van der Waals surface area contributed by atoms with Crippen molar-refractivity contribution in [3.63, 3.8) is 0 Å². The molecular formula is C17H26N4O4. The van der Waals surface area contributed by atoms with Crippen molar-refractivity contribution < 1.29 is 19.2 Å². The van der Waals surface area contributed by atoms with Crippen LogP contribution in [-0.4, -0.2) is 53.8 Å². The summed E-state index contributed by atoms with van der Waals surface area (Å²) >= 11 is 0. The summed E-state index contributed by atoms with van der Waals surface area (Å²) in [6.45, 7) is 3.28. The number of carbonyl (C=O) groups excluding carboxylic acids is 4.